The Kier molecular flexibility index (Phi) is 5.20. The van der Waals surface area contributed by atoms with E-state index in [9.17, 15) is 22.4 Å². The van der Waals surface area contributed by atoms with Crippen LogP contribution in [0.5, 0.6) is 0 Å². The number of carbonyl (C=O) groups excluding carboxylic acids is 1. The normalized spacial score (nSPS) is 16.4. The molecule has 162 valence electrons. The molecule has 0 saturated heterocycles. The fourth-order valence-corrected chi connectivity index (χ4v) is 3.81. The highest BCUT2D eigenvalue weighted by molar-refractivity contribution is 6.31. The highest BCUT2D eigenvalue weighted by Gasteiger charge is 2.36. The molecule has 0 saturated carbocycles. The van der Waals surface area contributed by atoms with Gasteiger partial charge in [0.15, 0.2) is 5.82 Å². The molecule has 3 heterocycles. The Balaban J connectivity index is 1.65. The number of benzene rings is 1. The number of fused-ring (bicyclic) bond motifs is 1. The van der Waals surface area contributed by atoms with Crippen LogP contribution >= 0.6 is 11.6 Å². The van der Waals surface area contributed by atoms with Crippen LogP contribution in [0, 0.1) is 12.7 Å². The number of hydrogen-bond donors (Lipinski definition) is 0. The molecule has 11 heteroatoms. The number of pyridine rings is 1. The lowest BCUT2D eigenvalue weighted by Gasteiger charge is -2.32. The molecule has 6 nitrogen and oxygen atoms in total. The van der Waals surface area contributed by atoms with Crippen molar-refractivity contribution in [3.8, 4) is 5.82 Å². The zero-order valence-electron chi connectivity index (χ0n) is 16.4. The van der Waals surface area contributed by atoms with Crippen molar-refractivity contribution >= 4 is 17.5 Å². The number of hydrogen-bond acceptors (Lipinski definition) is 4. The van der Waals surface area contributed by atoms with Crippen LogP contribution in [-0.4, -0.2) is 37.3 Å². The third-order valence-electron chi connectivity index (χ3n) is 5.28. The number of nitrogens with zero attached hydrogens (tertiary/aromatic N) is 5. The number of amides is 1. The van der Waals surface area contributed by atoms with Gasteiger partial charge < -0.3 is 4.90 Å². The summed E-state index contributed by atoms with van der Waals surface area (Å²) in [6.45, 7) is 3.57. The summed E-state index contributed by atoms with van der Waals surface area (Å²) < 4.78 is 54.5. The molecule has 0 aliphatic carbocycles. The van der Waals surface area contributed by atoms with Crippen LogP contribution in [0.15, 0.2) is 30.5 Å². The monoisotopic (exact) mass is 453 g/mol. The summed E-state index contributed by atoms with van der Waals surface area (Å²) in [6, 6.07) is 4.10. The molecule has 0 fully saturated rings. The zero-order valence-corrected chi connectivity index (χ0v) is 17.2. The van der Waals surface area contributed by atoms with Gasteiger partial charge in [-0.25, -0.2) is 9.37 Å². The average Bonchev–Trinajstić information content (AvgIpc) is 3.14. The van der Waals surface area contributed by atoms with Crippen molar-refractivity contribution in [2.75, 3.05) is 6.54 Å². The van der Waals surface area contributed by atoms with Gasteiger partial charge in [-0.15, -0.1) is 5.10 Å². The van der Waals surface area contributed by atoms with Gasteiger partial charge in [0.1, 0.15) is 11.5 Å². The van der Waals surface area contributed by atoms with Gasteiger partial charge in [0, 0.05) is 18.5 Å². The summed E-state index contributed by atoms with van der Waals surface area (Å²) in [7, 11) is 0. The van der Waals surface area contributed by atoms with Crippen LogP contribution in [0.4, 0.5) is 17.6 Å². The lowest BCUT2D eigenvalue weighted by molar-refractivity contribution is -0.137. The van der Waals surface area contributed by atoms with Crippen molar-refractivity contribution in [2.24, 2.45) is 0 Å². The van der Waals surface area contributed by atoms with E-state index in [-0.39, 0.29) is 12.1 Å². The maximum absolute atomic E-state index is 13.5. The van der Waals surface area contributed by atoms with Crippen molar-refractivity contribution in [1.82, 2.24) is 24.9 Å². The number of aryl methyl sites for hydroxylation is 1. The smallest absolute Gasteiger partial charge is 0.330 e. The topological polar surface area (TPSA) is 63.9 Å². The maximum atomic E-state index is 13.5. The first-order valence-corrected chi connectivity index (χ1v) is 9.70. The van der Waals surface area contributed by atoms with E-state index in [1.165, 1.54) is 15.6 Å². The van der Waals surface area contributed by atoms with Gasteiger partial charge in [-0.1, -0.05) is 16.8 Å². The van der Waals surface area contributed by atoms with Gasteiger partial charge in [-0.3, -0.25) is 4.79 Å². The minimum atomic E-state index is -4.67. The Morgan fingerprint density at radius 3 is 2.68 bits per heavy atom. The van der Waals surface area contributed by atoms with E-state index in [1.54, 1.807) is 19.9 Å². The second-order valence-electron chi connectivity index (χ2n) is 7.24. The number of aromatic nitrogens is 4. The Morgan fingerprint density at radius 2 is 2.00 bits per heavy atom. The summed E-state index contributed by atoms with van der Waals surface area (Å²) in [4.78, 5) is 18.5. The molecular weight excluding hydrogens is 438 g/mol. The minimum Gasteiger partial charge on any atom is -0.330 e. The standard InChI is InChI=1S/C20H16ClF4N5O/c1-10-7-17(26-9-15(10)22)30-16-5-6-29(11(2)18(16)27-28-30)19(31)12-3-4-14(21)13(8-12)20(23,24)25/h3-4,7-9,11H,5-6H2,1-2H3/t11-/m1/s1. The quantitative estimate of drug-likeness (QED) is 0.534. The van der Waals surface area contributed by atoms with Gasteiger partial charge in [0.2, 0.25) is 0 Å². The Hall–Kier alpha value is -3.01. The van der Waals surface area contributed by atoms with Crippen LogP contribution in [0.25, 0.3) is 5.82 Å². The molecule has 0 radical (unpaired) electrons. The van der Waals surface area contributed by atoms with E-state index in [0.717, 1.165) is 18.3 Å². The Labute approximate surface area is 179 Å². The van der Waals surface area contributed by atoms with Gasteiger partial charge in [-0.05, 0) is 43.7 Å². The summed E-state index contributed by atoms with van der Waals surface area (Å²) in [5, 5.41) is 7.77. The minimum absolute atomic E-state index is 0.116. The third kappa shape index (κ3) is 3.76. The van der Waals surface area contributed by atoms with Gasteiger partial charge >= 0.3 is 6.18 Å². The molecule has 1 amide bonds. The fourth-order valence-electron chi connectivity index (χ4n) is 3.58. The highest BCUT2D eigenvalue weighted by Crippen LogP contribution is 2.36. The van der Waals surface area contributed by atoms with E-state index in [4.69, 9.17) is 11.6 Å². The SMILES string of the molecule is Cc1cc(-n2nnc3c2CCN(C(=O)c2ccc(Cl)c(C(F)(F)F)c2)[C@@H]3C)ncc1F. The maximum Gasteiger partial charge on any atom is 0.417 e. The molecule has 1 aliphatic heterocycles. The van der Waals surface area contributed by atoms with Crippen molar-refractivity contribution in [3.63, 3.8) is 0 Å². The van der Waals surface area contributed by atoms with E-state index in [0.29, 0.717) is 29.2 Å². The largest absolute Gasteiger partial charge is 0.417 e. The van der Waals surface area contributed by atoms with Crippen molar-refractivity contribution in [2.45, 2.75) is 32.5 Å². The van der Waals surface area contributed by atoms with Gasteiger partial charge in [0.25, 0.3) is 5.91 Å². The molecule has 0 bridgehead atoms. The Bertz CT molecular complexity index is 1180. The molecule has 4 rings (SSSR count). The lowest BCUT2D eigenvalue weighted by atomic mass is 10.0. The summed E-state index contributed by atoms with van der Waals surface area (Å²) in [6.07, 6.45) is -3.22. The predicted molar refractivity (Wildman–Crippen MR) is 103 cm³/mol. The molecule has 0 N–H and O–H groups in total. The Morgan fingerprint density at radius 1 is 1.26 bits per heavy atom. The molecule has 1 atom stereocenters. The second-order valence-corrected chi connectivity index (χ2v) is 7.65. The van der Waals surface area contributed by atoms with Gasteiger partial charge in [0.05, 0.1) is 28.5 Å². The molecule has 31 heavy (non-hydrogen) atoms. The van der Waals surface area contributed by atoms with Crippen LogP contribution in [-0.2, 0) is 12.6 Å². The summed E-state index contributed by atoms with van der Waals surface area (Å²) in [5.74, 6) is -0.609. The average molecular weight is 454 g/mol. The first-order valence-electron chi connectivity index (χ1n) is 9.32. The molecule has 3 aromatic rings. The van der Waals surface area contributed by atoms with E-state index in [2.05, 4.69) is 15.3 Å². The molecule has 0 unspecified atom stereocenters. The summed E-state index contributed by atoms with van der Waals surface area (Å²) in [5.41, 5.74) is 0.443. The molecule has 1 aliphatic rings. The second kappa shape index (κ2) is 7.60. The van der Waals surface area contributed by atoms with E-state index >= 15 is 0 Å². The van der Waals surface area contributed by atoms with Crippen molar-refractivity contribution < 1.29 is 22.4 Å². The number of halogens is 5. The van der Waals surface area contributed by atoms with Crippen LogP contribution in [0.3, 0.4) is 0 Å². The lowest BCUT2D eigenvalue weighted by Crippen LogP contribution is -2.39. The number of carbonyl (C=O) groups is 1. The predicted octanol–water partition coefficient (Wildman–Crippen LogP) is 4.54. The van der Waals surface area contributed by atoms with Crippen molar-refractivity contribution in [1.29, 1.82) is 0 Å². The van der Waals surface area contributed by atoms with Crippen molar-refractivity contribution in [3.05, 3.63) is 69.4 Å². The van der Waals surface area contributed by atoms with E-state index in [1.807, 2.05) is 0 Å². The van der Waals surface area contributed by atoms with Gasteiger partial charge in [-0.2, -0.15) is 17.9 Å². The highest BCUT2D eigenvalue weighted by atomic mass is 35.5. The molecular formula is C20H16ClF4N5O. The van der Waals surface area contributed by atoms with Crippen LogP contribution in [0.1, 0.15) is 45.8 Å². The summed E-state index contributed by atoms with van der Waals surface area (Å²) >= 11 is 5.65. The molecule has 1 aromatic carbocycles. The number of rotatable bonds is 2. The fraction of sp³-hybridized carbons (Fsp3) is 0.300. The zero-order chi connectivity index (χ0) is 22.5. The van der Waals surface area contributed by atoms with E-state index < -0.39 is 34.5 Å². The molecule has 0 spiro atoms. The molecule has 2 aromatic heterocycles. The van der Waals surface area contributed by atoms with Crippen LogP contribution < -0.4 is 0 Å². The first-order chi connectivity index (χ1) is 14.6. The van der Waals surface area contributed by atoms with Crippen LogP contribution in [0.2, 0.25) is 5.02 Å². The first kappa shape index (κ1) is 21.2. The third-order valence-corrected chi connectivity index (χ3v) is 5.60. The number of alkyl halides is 3.